The summed E-state index contributed by atoms with van der Waals surface area (Å²) in [5.74, 6) is 1.30. The van der Waals surface area contributed by atoms with Crippen LogP contribution in [0.1, 0.15) is 47.8 Å². The van der Waals surface area contributed by atoms with Crippen molar-refractivity contribution in [3.05, 3.63) is 60.6 Å². The van der Waals surface area contributed by atoms with E-state index in [1.165, 1.54) is 12.8 Å². The Bertz CT molecular complexity index is 1000. The molecule has 7 nitrogen and oxygen atoms in total. The van der Waals surface area contributed by atoms with Crippen LogP contribution in [0.3, 0.4) is 0 Å². The lowest BCUT2D eigenvalue weighted by molar-refractivity contribution is 0.0674. The van der Waals surface area contributed by atoms with Crippen LogP contribution in [0.15, 0.2) is 53.5 Å². The van der Waals surface area contributed by atoms with Crippen molar-refractivity contribution in [2.45, 2.75) is 31.6 Å². The topological polar surface area (TPSA) is 75.4 Å². The highest BCUT2D eigenvalue weighted by molar-refractivity contribution is 5.91. The average molecular weight is 403 g/mol. The van der Waals surface area contributed by atoms with Crippen molar-refractivity contribution in [3.63, 3.8) is 0 Å². The predicted octanol–water partition coefficient (Wildman–Crippen LogP) is 3.75. The van der Waals surface area contributed by atoms with Gasteiger partial charge in [0.25, 0.3) is 5.91 Å². The maximum atomic E-state index is 12.9. The first kappa shape index (κ1) is 18.8. The van der Waals surface area contributed by atoms with Crippen LogP contribution in [-0.4, -0.2) is 51.9 Å². The van der Waals surface area contributed by atoms with Crippen molar-refractivity contribution in [2.24, 2.45) is 0 Å². The van der Waals surface area contributed by atoms with Crippen LogP contribution in [0, 0.1) is 0 Å². The Morgan fingerprint density at radius 2 is 1.90 bits per heavy atom. The molecule has 0 spiro atoms. The summed E-state index contributed by atoms with van der Waals surface area (Å²) in [5.41, 5.74) is 3.11. The number of pyridine rings is 1. The fourth-order valence-corrected chi connectivity index (χ4v) is 4.46. The molecule has 2 aliphatic heterocycles. The van der Waals surface area contributed by atoms with Crippen molar-refractivity contribution in [3.8, 4) is 11.1 Å². The SMILES string of the molecule is O=C(c1ccco1)N1CCCC(c2nc(N3CCCC3)ncc2-c2ccncc2)C1. The molecule has 2 aliphatic rings. The van der Waals surface area contributed by atoms with Crippen LogP contribution in [0.25, 0.3) is 11.1 Å². The number of carbonyl (C=O) groups excluding carboxylic acids is 1. The molecule has 0 bridgehead atoms. The maximum absolute atomic E-state index is 12.9. The van der Waals surface area contributed by atoms with Crippen molar-refractivity contribution in [1.29, 1.82) is 0 Å². The number of furan rings is 1. The lowest BCUT2D eigenvalue weighted by atomic mass is 9.90. The van der Waals surface area contributed by atoms with Gasteiger partial charge in [-0.25, -0.2) is 9.97 Å². The standard InChI is InChI=1S/C23H25N5O2/c29-22(20-6-4-14-30-20)28-13-3-5-18(16-28)21-19(17-7-9-24-10-8-17)15-25-23(26-21)27-11-1-2-12-27/h4,6-10,14-15,18H,1-3,5,11-13,16H2. The Balaban J connectivity index is 1.49. The first-order chi connectivity index (χ1) is 14.8. The second kappa shape index (κ2) is 8.26. The van der Waals surface area contributed by atoms with E-state index in [-0.39, 0.29) is 11.8 Å². The molecular formula is C23H25N5O2. The molecule has 5 rings (SSSR count). The molecule has 30 heavy (non-hydrogen) atoms. The van der Waals surface area contributed by atoms with E-state index >= 15 is 0 Å². The number of carbonyl (C=O) groups is 1. The molecule has 1 atom stereocenters. The van der Waals surface area contributed by atoms with Crippen molar-refractivity contribution < 1.29 is 9.21 Å². The zero-order chi connectivity index (χ0) is 20.3. The Hall–Kier alpha value is -3.22. The third kappa shape index (κ3) is 3.67. The lowest BCUT2D eigenvalue weighted by Gasteiger charge is -2.33. The summed E-state index contributed by atoms with van der Waals surface area (Å²) in [5, 5.41) is 0. The van der Waals surface area contributed by atoms with Gasteiger partial charge in [0.1, 0.15) is 0 Å². The number of anilines is 1. The monoisotopic (exact) mass is 403 g/mol. The van der Waals surface area contributed by atoms with Crippen molar-refractivity contribution in [2.75, 3.05) is 31.1 Å². The van der Waals surface area contributed by atoms with E-state index in [1.54, 1.807) is 30.8 Å². The van der Waals surface area contributed by atoms with Crippen LogP contribution in [0.4, 0.5) is 5.95 Å². The van der Waals surface area contributed by atoms with Crippen LogP contribution in [0.2, 0.25) is 0 Å². The quantitative estimate of drug-likeness (QED) is 0.660. The number of amides is 1. The molecule has 0 saturated carbocycles. The van der Waals surface area contributed by atoms with E-state index < -0.39 is 0 Å². The third-order valence-corrected chi connectivity index (χ3v) is 6.01. The van der Waals surface area contributed by atoms with E-state index in [2.05, 4.69) is 14.9 Å². The summed E-state index contributed by atoms with van der Waals surface area (Å²) in [6, 6.07) is 7.46. The second-order valence-electron chi connectivity index (χ2n) is 7.97. The molecule has 3 aromatic rings. The molecule has 1 amide bonds. The van der Waals surface area contributed by atoms with Crippen LogP contribution >= 0.6 is 0 Å². The maximum Gasteiger partial charge on any atom is 0.289 e. The molecule has 2 saturated heterocycles. The minimum absolute atomic E-state index is 0.0519. The minimum Gasteiger partial charge on any atom is -0.459 e. The smallest absolute Gasteiger partial charge is 0.289 e. The van der Waals surface area contributed by atoms with E-state index in [1.807, 2.05) is 23.2 Å². The summed E-state index contributed by atoms with van der Waals surface area (Å²) in [6.45, 7) is 3.38. The molecule has 1 unspecified atom stereocenters. The number of aromatic nitrogens is 3. The van der Waals surface area contributed by atoms with Gasteiger partial charge in [-0.3, -0.25) is 9.78 Å². The molecule has 154 valence electrons. The highest BCUT2D eigenvalue weighted by Crippen LogP contribution is 2.34. The summed E-state index contributed by atoms with van der Waals surface area (Å²) in [4.78, 5) is 30.9. The van der Waals surface area contributed by atoms with Crippen molar-refractivity contribution >= 4 is 11.9 Å². The van der Waals surface area contributed by atoms with Crippen LogP contribution in [0.5, 0.6) is 0 Å². The molecule has 5 heterocycles. The highest BCUT2D eigenvalue weighted by atomic mass is 16.3. The number of nitrogens with zero attached hydrogens (tertiary/aromatic N) is 5. The fourth-order valence-electron chi connectivity index (χ4n) is 4.46. The van der Waals surface area contributed by atoms with E-state index in [9.17, 15) is 4.79 Å². The molecule has 0 N–H and O–H groups in total. The third-order valence-electron chi connectivity index (χ3n) is 6.01. The van der Waals surface area contributed by atoms with Gasteiger partial charge in [-0.1, -0.05) is 0 Å². The lowest BCUT2D eigenvalue weighted by Crippen LogP contribution is -2.39. The molecule has 0 radical (unpaired) electrons. The molecule has 0 aromatic carbocycles. The Labute approximate surface area is 175 Å². The van der Waals surface area contributed by atoms with E-state index in [0.29, 0.717) is 12.3 Å². The Morgan fingerprint density at radius 1 is 1.07 bits per heavy atom. The van der Waals surface area contributed by atoms with E-state index in [0.717, 1.165) is 55.2 Å². The van der Waals surface area contributed by atoms with Crippen LogP contribution in [-0.2, 0) is 0 Å². The average Bonchev–Trinajstić information content (AvgIpc) is 3.53. The first-order valence-electron chi connectivity index (χ1n) is 10.6. The van der Waals surface area contributed by atoms with Gasteiger partial charge in [-0.2, -0.15) is 0 Å². The first-order valence-corrected chi connectivity index (χ1v) is 10.6. The normalized spacial score (nSPS) is 19.3. The number of rotatable bonds is 4. The number of hydrogen-bond acceptors (Lipinski definition) is 6. The fraction of sp³-hybridized carbons (Fsp3) is 0.391. The van der Waals surface area contributed by atoms with Gasteiger partial charge in [0.2, 0.25) is 5.95 Å². The van der Waals surface area contributed by atoms with Gasteiger partial charge in [0.15, 0.2) is 5.76 Å². The minimum atomic E-state index is -0.0519. The molecule has 3 aromatic heterocycles. The number of piperidine rings is 1. The summed E-state index contributed by atoms with van der Waals surface area (Å²) in [6.07, 6.45) is 11.4. The number of hydrogen-bond donors (Lipinski definition) is 0. The summed E-state index contributed by atoms with van der Waals surface area (Å²) < 4.78 is 5.34. The van der Waals surface area contributed by atoms with Gasteiger partial charge in [0, 0.05) is 56.3 Å². The molecule has 0 aliphatic carbocycles. The van der Waals surface area contributed by atoms with Crippen LogP contribution < -0.4 is 4.90 Å². The predicted molar refractivity (Wildman–Crippen MR) is 113 cm³/mol. The summed E-state index contributed by atoms with van der Waals surface area (Å²) >= 11 is 0. The van der Waals surface area contributed by atoms with Gasteiger partial charge >= 0.3 is 0 Å². The zero-order valence-electron chi connectivity index (χ0n) is 16.9. The number of likely N-dealkylation sites (tertiary alicyclic amines) is 1. The zero-order valence-corrected chi connectivity index (χ0v) is 16.9. The Morgan fingerprint density at radius 3 is 2.67 bits per heavy atom. The summed E-state index contributed by atoms with van der Waals surface area (Å²) in [7, 11) is 0. The largest absolute Gasteiger partial charge is 0.459 e. The van der Waals surface area contributed by atoms with Gasteiger partial charge in [0.05, 0.1) is 12.0 Å². The van der Waals surface area contributed by atoms with Gasteiger partial charge in [-0.05, 0) is 55.5 Å². The second-order valence-corrected chi connectivity index (χ2v) is 7.97. The highest BCUT2D eigenvalue weighted by Gasteiger charge is 2.30. The molecular weight excluding hydrogens is 378 g/mol. The molecule has 2 fully saturated rings. The van der Waals surface area contributed by atoms with Gasteiger partial charge in [-0.15, -0.1) is 0 Å². The molecule has 7 heteroatoms. The Kier molecular flexibility index (Phi) is 5.17. The van der Waals surface area contributed by atoms with Gasteiger partial charge < -0.3 is 14.2 Å². The van der Waals surface area contributed by atoms with E-state index in [4.69, 9.17) is 9.40 Å². The van der Waals surface area contributed by atoms with Crippen molar-refractivity contribution in [1.82, 2.24) is 19.9 Å².